The number of hydrogen-bond donors (Lipinski definition) is 1. The van der Waals surface area contributed by atoms with E-state index in [9.17, 15) is 8.42 Å². The first-order valence-electron chi connectivity index (χ1n) is 5.44. The van der Waals surface area contributed by atoms with Crippen molar-refractivity contribution < 1.29 is 13.2 Å². The Morgan fingerprint density at radius 1 is 1.35 bits per heavy atom. The molecule has 5 nitrogen and oxygen atoms in total. The van der Waals surface area contributed by atoms with E-state index in [-0.39, 0.29) is 11.0 Å². The average Bonchev–Trinajstić information content (AvgIpc) is 2.15. The van der Waals surface area contributed by atoms with Gasteiger partial charge in [-0.1, -0.05) is 13.8 Å². The van der Waals surface area contributed by atoms with E-state index in [1.165, 1.54) is 18.3 Å². The van der Waals surface area contributed by atoms with Crippen LogP contribution in [0.5, 0.6) is 5.88 Å². The van der Waals surface area contributed by atoms with E-state index in [1.54, 1.807) is 0 Å². The van der Waals surface area contributed by atoms with Crippen LogP contribution in [0.15, 0.2) is 23.2 Å². The summed E-state index contributed by atoms with van der Waals surface area (Å²) < 4.78 is 27.6. The Kier molecular flexibility index (Phi) is 4.47. The summed E-state index contributed by atoms with van der Waals surface area (Å²) in [6.07, 6.45) is 2.16. The molecule has 1 rings (SSSR count). The highest BCUT2D eigenvalue weighted by Gasteiger charge is 2.10. The molecule has 17 heavy (non-hydrogen) atoms. The number of nitrogens with zero attached hydrogens (tertiary/aromatic N) is 1. The number of hydrogen-bond acceptors (Lipinski definition) is 4. The topological polar surface area (TPSA) is 82.3 Å². The van der Waals surface area contributed by atoms with Gasteiger partial charge in [-0.15, -0.1) is 0 Å². The van der Waals surface area contributed by atoms with Gasteiger partial charge in [0.2, 0.25) is 15.9 Å². The molecule has 0 fully saturated rings. The molecule has 0 aliphatic rings. The van der Waals surface area contributed by atoms with E-state index in [0.29, 0.717) is 11.8 Å². The van der Waals surface area contributed by atoms with Crippen molar-refractivity contribution in [2.45, 2.75) is 38.2 Å². The van der Waals surface area contributed by atoms with Crippen molar-refractivity contribution in [3.8, 4) is 5.88 Å². The van der Waals surface area contributed by atoms with Crippen LogP contribution in [0.1, 0.15) is 27.2 Å². The van der Waals surface area contributed by atoms with E-state index >= 15 is 0 Å². The van der Waals surface area contributed by atoms with Crippen molar-refractivity contribution in [3.63, 3.8) is 0 Å². The second kappa shape index (κ2) is 5.46. The summed E-state index contributed by atoms with van der Waals surface area (Å²) in [5.41, 5.74) is 0. The van der Waals surface area contributed by atoms with Crippen molar-refractivity contribution in [2.75, 3.05) is 0 Å². The summed E-state index contributed by atoms with van der Waals surface area (Å²) >= 11 is 0. The van der Waals surface area contributed by atoms with Crippen LogP contribution in [-0.4, -0.2) is 19.5 Å². The van der Waals surface area contributed by atoms with Gasteiger partial charge >= 0.3 is 0 Å². The van der Waals surface area contributed by atoms with Crippen LogP contribution in [0.4, 0.5) is 0 Å². The molecule has 0 aliphatic heterocycles. The summed E-state index contributed by atoms with van der Waals surface area (Å²) in [6.45, 7) is 6.17. The van der Waals surface area contributed by atoms with Gasteiger partial charge < -0.3 is 4.74 Å². The number of aromatic nitrogens is 1. The van der Waals surface area contributed by atoms with Crippen molar-refractivity contribution in [2.24, 2.45) is 11.1 Å². The van der Waals surface area contributed by atoms with Gasteiger partial charge in [0.25, 0.3) is 0 Å². The molecule has 0 spiro atoms. The SMILES string of the molecule is CC(C)CC(C)Oc1ccc(S(N)(=O)=O)cn1. The van der Waals surface area contributed by atoms with E-state index < -0.39 is 10.0 Å². The minimum Gasteiger partial charge on any atom is -0.475 e. The first-order chi connectivity index (χ1) is 7.79. The number of nitrogens with two attached hydrogens (primary N) is 1. The lowest BCUT2D eigenvalue weighted by Gasteiger charge is -2.15. The Bertz CT molecular complexity index is 454. The molecule has 0 saturated carbocycles. The van der Waals surface area contributed by atoms with E-state index in [1.807, 2.05) is 6.92 Å². The van der Waals surface area contributed by atoms with Crippen LogP contribution in [0.3, 0.4) is 0 Å². The van der Waals surface area contributed by atoms with Gasteiger partial charge in [0.15, 0.2) is 0 Å². The average molecular weight is 258 g/mol. The van der Waals surface area contributed by atoms with Crippen LogP contribution in [0.25, 0.3) is 0 Å². The van der Waals surface area contributed by atoms with Gasteiger partial charge in [0.1, 0.15) is 4.90 Å². The highest BCUT2D eigenvalue weighted by atomic mass is 32.2. The lowest BCUT2D eigenvalue weighted by Crippen LogP contribution is -2.16. The minimum atomic E-state index is -3.69. The number of rotatable bonds is 5. The molecule has 6 heteroatoms. The lowest BCUT2D eigenvalue weighted by atomic mass is 10.1. The predicted molar refractivity (Wildman–Crippen MR) is 65.2 cm³/mol. The van der Waals surface area contributed by atoms with Crippen molar-refractivity contribution >= 4 is 10.0 Å². The van der Waals surface area contributed by atoms with E-state index in [0.717, 1.165) is 6.42 Å². The van der Waals surface area contributed by atoms with Crippen molar-refractivity contribution in [1.29, 1.82) is 0 Å². The Balaban J connectivity index is 2.69. The zero-order chi connectivity index (χ0) is 13.1. The van der Waals surface area contributed by atoms with Crippen LogP contribution < -0.4 is 9.88 Å². The van der Waals surface area contributed by atoms with Crippen LogP contribution in [0.2, 0.25) is 0 Å². The van der Waals surface area contributed by atoms with Crippen LogP contribution in [0, 0.1) is 5.92 Å². The molecule has 1 unspecified atom stereocenters. The fourth-order valence-corrected chi connectivity index (χ4v) is 1.98. The maximum atomic E-state index is 11.0. The molecule has 0 saturated heterocycles. The number of primary sulfonamides is 1. The number of pyridine rings is 1. The van der Waals surface area contributed by atoms with Crippen molar-refractivity contribution in [3.05, 3.63) is 18.3 Å². The third-order valence-electron chi connectivity index (χ3n) is 2.16. The second-order valence-electron chi connectivity index (χ2n) is 4.44. The summed E-state index contributed by atoms with van der Waals surface area (Å²) in [5.74, 6) is 0.944. The summed E-state index contributed by atoms with van der Waals surface area (Å²) in [6, 6.07) is 2.90. The normalized spacial score (nSPS) is 13.7. The largest absolute Gasteiger partial charge is 0.475 e. The second-order valence-corrected chi connectivity index (χ2v) is 6.00. The van der Waals surface area contributed by atoms with Gasteiger partial charge in [-0.25, -0.2) is 18.5 Å². The maximum absolute atomic E-state index is 11.0. The van der Waals surface area contributed by atoms with Crippen LogP contribution >= 0.6 is 0 Å². The Hall–Kier alpha value is -1.14. The highest BCUT2D eigenvalue weighted by Crippen LogP contribution is 2.15. The molecule has 0 amide bonds. The minimum absolute atomic E-state index is 0.0126. The van der Waals surface area contributed by atoms with Gasteiger partial charge in [-0.05, 0) is 25.3 Å². The molecule has 1 aromatic rings. The zero-order valence-corrected chi connectivity index (χ0v) is 11.1. The van der Waals surface area contributed by atoms with E-state index in [2.05, 4.69) is 18.8 Å². The van der Waals surface area contributed by atoms with E-state index in [4.69, 9.17) is 9.88 Å². The molecule has 0 aliphatic carbocycles. The summed E-state index contributed by atoms with van der Waals surface area (Å²) in [7, 11) is -3.69. The first kappa shape index (κ1) is 13.9. The Morgan fingerprint density at radius 2 is 2.00 bits per heavy atom. The maximum Gasteiger partial charge on any atom is 0.239 e. The zero-order valence-electron chi connectivity index (χ0n) is 10.3. The molecular weight excluding hydrogens is 240 g/mol. The summed E-state index contributed by atoms with van der Waals surface area (Å²) in [4.78, 5) is 3.90. The summed E-state index contributed by atoms with van der Waals surface area (Å²) in [5, 5.41) is 4.97. The number of ether oxygens (including phenoxy) is 1. The predicted octanol–water partition coefficient (Wildman–Crippen LogP) is 1.54. The molecule has 2 N–H and O–H groups in total. The Morgan fingerprint density at radius 3 is 2.41 bits per heavy atom. The van der Waals surface area contributed by atoms with Gasteiger partial charge in [0, 0.05) is 6.07 Å². The molecule has 1 aromatic heterocycles. The molecule has 0 aromatic carbocycles. The molecule has 0 bridgehead atoms. The number of sulfonamides is 1. The highest BCUT2D eigenvalue weighted by molar-refractivity contribution is 7.89. The molecule has 1 heterocycles. The van der Waals surface area contributed by atoms with Gasteiger partial charge in [-0.3, -0.25) is 0 Å². The molecule has 0 radical (unpaired) electrons. The van der Waals surface area contributed by atoms with Crippen molar-refractivity contribution in [1.82, 2.24) is 4.98 Å². The third-order valence-corrected chi connectivity index (χ3v) is 3.06. The molecular formula is C11H18N2O3S. The lowest BCUT2D eigenvalue weighted by molar-refractivity contribution is 0.185. The quantitative estimate of drug-likeness (QED) is 0.868. The van der Waals surface area contributed by atoms with Crippen LogP contribution in [-0.2, 0) is 10.0 Å². The van der Waals surface area contributed by atoms with Gasteiger partial charge in [-0.2, -0.15) is 0 Å². The Labute approximate surface area is 102 Å². The fraction of sp³-hybridized carbons (Fsp3) is 0.545. The van der Waals surface area contributed by atoms with Gasteiger partial charge in [0.05, 0.1) is 12.3 Å². The first-order valence-corrected chi connectivity index (χ1v) is 6.99. The standard InChI is InChI=1S/C11H18N2O3S/c1-8(2)6-9(3)16-11-5-4-10(7-13-11)17(12,14)15/h4-5,7-9H,6H2,1-3H3,(H2,12,14,15). The third kappa shape index (κ3) is 4.70. The monoisotopic (exact) mass is 258 g/mol. The molecule has 96 valence electrons. The smallest absolute Gasteiger partial charge is 0.239 e. The fourth-order valence-electron chi connectivity index (χ4n) is 1.52. The molecule has 1 atom stereocenters.